The molecule has 2 saturated heterocycles. The van der Waals surface area contributed by atoms with Crippen molar-refractivity contribution in [2.45, 2.75) is 31.7 Å². The van der Waals surface area contributed by atoms with Gasteiger partial charge in [0.1, 0.15) is 6.04 Å². The summed E-state index contributed by atoms with van der Waals surface area (Å²) in [5.41, 5.74) is 1.21. The molecule has 6 nitrogen and oxygen atoms in total. The molecule has 2 aromatic rings. The van der Waals surface area contributed by atoms with E-state index in [1.165, 1.54) is 5.56 Å². The van der Waals surface area contributed by atoms with E-state index in [-0.39, 0.29) is 17.7 Å². The first kappa shape index (κ1) is 20.1. The van der Waals surface area contributed by atoms with E-state index in [1.54, 1.807) is 17.0 Å². The Kier molecular flexibility index (Phi) is 5.84. The lowest BCUT2D eigenvalue weighted by molar-refractivity contribution is -0.128. The Balaban J connectivity index is 1.28. The molecule has 0 saturated carbocycles. The third kappa shape index (κ3) is 4.22. The number of nitrogens with one attached hydrogen (secondary N) is 2. The van der Waals surface area contributed by atoms with Gasteiger partial charge in [0.2, 0.25) is 11.8 Å². The van der Waals surface area contributed by atoms with Crippen LogP contribution >= 0.6 is 0 Å². The van der Waals surface area contributed by atoms with Crippen molar-refractivity contribution < 1.29 is 14.4 Å². The third-order valence-electron chi connectivity index (χ3n) is 6.14. The molecule has 6 heteroatoms. The van der Waals surface area contributed by atoms with Crippen molar-refractivity contribution in [1.82, 2.24) is 15.5 Å². The van der Waals surface area contributed by atoms with Gasteiger partial charge in [0.25, 0.3) is 5.91 Å². The zero-order valence-corrected chi connectivity index (χ0v) is 17.0. The molecule has 2 aromatic carbocycles. The van der Waals surface area contributed by atoms with Gasteiger partial charge in [-0.05, 0) is 43.4 Å². The maximum Gasteiger partial charge on any atom is 0.253 e. The minimum atomic E-state index is -0.656. The van der Waals surface area contributed by atoms with E-state index in [1.807, 2.05) is 36.4 Å². The Bertz CT molecular complexity index is 916. The summed E-state index contributed by atoms with van der Waals surface area (Å²) in [5, 5.41) is 5.80. The van der Waals surface area contributed by atoms with Crippen molar-refractivity contribution in [3.63, 3.8) is 0 Å². The van der Waals surface area contributed by atoms with E-state index in [0.717, 1.165) is 12.8 Å². The van der Waals surface area contributed by atoms with Gasteiger partial charge in [-0.2, -0.15) is 0 Å². The number of hydrogen-bond acceptors (Lipinski definition) is 3. The number of rotatable bonds is 6. The highest BCUT2D eigenvalue weighted by atomic mass is 16.2. The van der Waals surface area contributed by atoms with E-state index >= 15 is 0 Å². The number of aryl methyl sites for hydroxylation is 1. The lowest BCUT2D eigenvalue weighted by Crippen LogP contribution is -2.42. The van der Waals surface area contributed by atoms with Crippen molar-refractivity contribution >= 4 is 17.7 Å². The average molecular weight is 405 g/mol. The maximum atomic E-state index is 12.7. The molecule has 2 heterocycles. The van der Waals surface area contributed by atoms with Crippen LogP contribution in [0.2, 0.25) is 0 Å². The summed E-state index contributed by atoms with van der Waals surface area (Å²) >= 11 is 0. The first-order valence-electron chi connectivity index (χ1n) is 10.5. The Morgan fingerprint density at radius 2 is 1.77 bits per heavy atom. The van der Waals surface area contributed by atoms with Crippen molar-refractivity contribution in [2.24, 2.45) is 5.41 Å². The molecule has 3 amide bonds. The van der Waals surface area contributed by atoms with Gasteiger partial charge in [-0.25, -0.2) is 0 Å². The third-order valence-corrected chi connectivity index (χ3v) is 6.14. The van der Waals surface area contributed by atoms with E-state index in [2.05, 4.69) is 22.8 Å². The Morgan fingerprint density at radius 3 is 2.50 bits per heavy atom. The van der Waals surface area contributed by atoms with Gasteiger partial charge in [0.15, 0.2) is 0 Å². The number of carbonyl (C=O) groups excluding carboxylic acids is 3. The average Bonchev–Trinajstić information content (AvgIpc) is 3.36. The highest BCUT2D eigenvalue weighted by Crippen LogP contribution is 2.40. The molecule has 0 aliphatic carbocycles. The van der Waals surface area contributed by atoms with Gasteiger partial charge in [0, 0.05) is 25.2 Å². The summed E-state index contributed by atoms with van der Waals surface area (Å²) < 4.78 is 0. The minimum absolute atomic E-state index is 0.0610. The molecule has 30 heavy (non-hydrogen) atoms. The van der Waals surface area contributed by atoms with Crippen LogP contribution in [0.4, 0.5) is 0 Å². The Morgan fingerprint density at radius 1 is 1.07 bits per heavy atom. The van der Waals surface area contributed by atoms with E-state index < -0.39 is 11.5 Å². The second-order valence-corrected chi connectivity index (χ2v) is 8.23. The number of carbonyl (C=O) groups is 3. The highest BCUT2D eigenvalue weighted by Gasteiger charge is 2.53. The topological polar surface area (TPSA) is 78.5 Å². The van der Waals surface area contributed by atoms with Crippen LogP contribution in [-0.2, 0) is 16.0 Å². The summed E-state index contributed by atoms with van der Waals surface area (Å²) in [5.74, 6) is -0.314. The van der Waals surface area contributed by atoms with Crippen molar-refractivity contribution in [3.05, 3.63) is 71.8 Å². The lowest BCUT2D eigenvalue weighted by Gasteiger charge is -2.21. The zero-order valence-electron chi connectivity index (χ0n) is 17.0. The fourth-order valence-corrected chi connectivity index (χ4v) is 4.44. The molecule has 1 spiro atoms. The lowest BCUT2D eigenvalue weighted by atomic mass is 9.84. The molecule has 0 bridgehead atoms. The molecule has 2 N–H and O–H groups in total. The number of likely N-dealkylation sites (tertiary alicyclic amines) is 1. The van der Waals surface area contributed by atoms with Crippen LogP contribution in [0.15, 0.2) is 60.7 Å². The van der Waals surface area contributed by atoms with Crippen LogP contribution in [-0.4, -0.2) is 48.3 Å². The molecule has 0 radical (unpaired) electrons. The van der Waals surface area contributed by atoms with Crippen LogP contribution in [0.5, 0.6) is 0 Å². The predicted molar refractivity (Wildman–Crippen MR) is 114 cm³/mol. The molecule has 2 aliphatic rings. The second kappa shape index (κ2) is 8.69. The van der Waals surface area contributed by atoms with E-state index in [4.69, 9.17) is 0 Å². The molecule has 4 rings (SSSR count). The SMILES string of the molecule is O=C(NCCCc1ccccc1)[C@@H]1C[C@@]2(CCN(C(=O)c3ccccc3)C2)C(=O)N1. The van der Waals surface area contributed by atoms with Crippen LogP contribution in [0.3, 0.4) is 0 Å². The van der Waals surface area contributed by atoms with Gasteiger partial charge in [-0.3, -0.25) is 14.4 Å². The normalized spacial score (nSPS) is 22.9. The number of hydrogen-bond donors (Lipinski definition) is 2. The summed E-state index contributed by atoms with van der Waals surface area (Å²) in [6, 6.07) is 18.7. The van der Waals surface area contributed by atoms with Crippen LogP contribution in [0.25, 0.3) is 0 Å². The van der Waals surface area contributed by atoms with Crippen LogP contribution < -0.4 is 10.6 Å². The molecule has 156 valence electrons. The molecule has 2 atom stereocenters. The molecule has 2 aliphatic heterocycles. The first-order chi connectivity index (χ1) is 14.6. The van der Waals surface area contributed by atoms with E-state index in [0.29, 0.717) is 38.0 Å². The summed E-state index contributed by atoms with van der Waals surface area (Å²) in [7, 11) is 0. The standard InChI is InChI=1S/C24H27N3O3/c28-21(25-14-7-10-18-8-3-1-4-9-18)20-16-24(23(30)26-20)13-15-27(17-24)22(29)19-11-5-2-6-12-19/h1-6,8-9,11-12,20H,7,10,13-17H2,(H,25,28)(H,26,30)/t20-,24+/m0/s1. The van der Waals surface area contributed by atoms with Gasteiger partial charge in [0.05, 0.1) is 5.41 Å². The molecule has 0 aromatic heterocycles. The fraction of sp³-hybridized carbons (Fsp3) is 0.375. The van der Waals surface area contributed by atoms with Crippen molar-refractivity contribution in [2.75, 3.05) is 19.6 Å². The van der Waals surface area contributed by atoms with Gasteiger partial charge >= 0.3 is 0 Å². The number of amides is 3. The second-order valence-electron chi connectivity index (χ2n) is 8.23. The predicted octanol–water partition coefficient (Wildman–Crippen LogP) is 2.16. The van der Waals surface area contributed by atoms with Crippen LogP contribution in [0.1, 0.15) is 35.2 Å². The summed E-state index contributed by atoms with van der Waals surface area (Å²) in [6.45, 7) is 1.47. The molecule has 2 fully saturated rings. The quantitative estimate of drug-likeness (QED) is 0.723. The number of benzene rings is 2. The summed E-state index contributed by atoms with van der Waals surface area (Å²) in [4.78, 5) is 39.7. The smallest absolute Gasteiger partial charge is 0.253 e. The van der Waals surface area contributed by atoms with Crippen molar-refractivity contribution in [1.29, 1.82) is 0 Å². The Hall–Kier alpha value is -3.15. The first-order valence-corrected chi connectivity index (χ1v) is 10.5. The highest BCUT2D eigenvalue weighted by molar-refractivity contribution is 5.97. The summed E-state index contributed by atoms with van der Waals surface area (Å²) in [6.07, 6.45) is 2.78. The Labute approximate surface area is 176 Å². The zero-order chi connectivity index (χ0) is 21.0. The maximum absolute atomic E-state index is 12.7. The monoisotopic (exact) mass is 405 g/mol. The largest absolute Gasteiger partial charge is 0.354 e. The van der Waals surface area contributed by atoms with Crippen molar-refractivity contribution in [3.8, 4) is 0 Å². The molecule has 0 unspecified atom stereocenters. The van der Waals surface area contributed by atoms with Gasteiger partial charge < -0.3 is 15.5 Å². The van der Waals surface area contributed by atoms with Crippen LogP contribution in [0, 0.1) is 5.41 Å². The van der Waals surface area contributed by atoms with Gasteiger partial charge in [-0.1, -0.05) is 48.5 Å². The van der Waals surface area contributed by atoms with E-state index in [9.17, 15) is 14.4 Å². The minimum Gasteiger partial charge on any atom is -0.354 e. The number of nitrogens with zero attached hydrogens (tertiary/aromatic N) is 1. The fourth-order valence-electron chi connectivity index (χ4n) is 4.44. The van der Waals surface area contributed by atoms with Gasteiger partial charge in [-0.15, -0.1) is 0 Å². The molecular weight excluding hydrogens is 378 g/mol. The molecular formula is C24H27N3O3.